The maximum absolute atomic E-state index is 12.1. The molecule has 0 aromatic heterocycles. The third kappa shape index (κ3) is 3.63. The SMILES string of the molecule is COc1cccc(C(=O)/C=C/c2ccc(OC)c(O)c2)c1. The smallest absolute Gasteiger partial charge is 0.185 e. The van der Waals surface area contributed by atoms with Crippen LogP contribution in [0.1, 0.15) is 15.9 Å². The lowest BCUT2D eigenvalue weighted by molar-refractivity contribution is 0.104. The van der Waals surface area contributed by atoms with E-state index in [1.807, 2.05) is 0 Å². The molecule has 4 nitrogen and oxygen atoms in total. The minimum atomic E-state index is -0.135. The number of carbonyl (C=O) groups excluding carboxylic acids is 1. The van der Waals surface area contributed by atoms with Crippen molar-refractivity contribution in [1.29, 1.82) is 0 Å². The molecule has 0 atom stereocenters. The Morgan fingerprint density at radius 1 is 1.10 bits per heavy atom. The minimum Gasteiger partial charge on any atom is -0.504 e. The Morgan fingerprint density at radius 3 is 2.57 bits per heavy atom. The van der Waals surface area contributed by atoms with E-state index in [1.165, 1.54) is 19.3 Å². The maximum atomic E-state index is 12.1. The molecular weight excluding hydrogens is 268 g/mol. The van der Waals surface area contributed by atoms with Crippen molar-refractivity contribution in [2.75, 3.05) is 14.2 Å². The van der Waals surface area contributed by atoms with Crippen LogP contribution in [-0.4, -0.2) is 25.1 Å². The molecule has 0 aliphatic heterocycles. The summed E-state index contributed by atoms with van der Waals surface area (Å²) >= 11 is 0. The summed E-state index contributed by atoms with van der Waals surface area (Å²) in [5.74, 6) is 0.931. The summed E-state index contributed by atoms with van der Waals surface area (Å²) in [5.41, 5.74) is 1.26. The number of aromatic hydroxyl groups is 1. The monoisotopic (exact) mass is 284 g/mol. The third-order valence-corrected chi connectivity index (χ3v) is 2.98. The van der Waals surface area contributed by atoms with Gasteiger partial charge in [-0.1, -0.05) is 24.3 Å². The molecule has 0 aliphatic rings. The van der Waals surface area contributed by atoms with Crippen molar-refractivity contribution in [3.63, 3.8) is 0 Å². The Balaban J connectivity index is 2.16. The number of benzene rings is 2. The predicted molar refractivity (Wildman–Crippen MR) is 81.0 cm³/mol. The van der Waals surface area contributed by atoms with Crippen molar-refractivity contribution in [3.05, 3.63) is 59.7 Å². The molecule has 0 saturated carbocycles. The number of carbonyl (C=O) groups is 1. The van der Waals surface area contributed by atoms with Gasteiger partial charge < -0.3 is 14.6 Å². The fraction of sp³-hybridized carbons (Fsp3) is 0.118. The van der Waals surface area contributed by atoms with E-state index in [0.29, 0.717) is 22.6 Å². The molecule has 2 rings (SSSR count). The van der Waals surface area contributed by atoms with E-state index in [0.717, 1.165) is 0 Å². The quantitative estimate of drug-likeness (QED) is 0.676. The highest BCUT2D eigenvalue weighted by atomic mass is 16.5. The van der Waals surface area contributed by atoms with E-state index >= 15 is 0 Å². The molecule has 0 fully saturated rings. The minimum absolute atomic E-state index is 0.0356. The first-order chi connectivity index (χ1) is 10.1. The van der Waals surface area contributed by atoms with E-state index < -0.39 is 0 Å². The lowest BCUT2D eigenvalue weighted by Gasteiger charge is -2.03. The third-order valence-electron chi connectivity index (χ3n) is 2.98. The first kappa shape index (κ1) is 14.7. The molecule has 2 aromatic carbocycles. The van der Waals surface area contributed by atoms with Crippen LogP contribution in [0.4, 0.5) is 0 Å². The summed E-state index contributed by atoms with van der Waals surface area (Å²) in [6.07, 6.45) is 3.09. The molecule has 0 saturated heterocycles. The van der Waals surface area contributed by atoms with Gasteiger partial charge in [-0.15, -0.1) is 0 Å². The van der Waals surface area contributed by atoms with Gasteiger partial charge in [0.2, 0.25) is 0 Å². The highest BCUT2D eigenvalue weighted by Crippen LogP contribution is 2.26. The lowest BCUT2D eigenvalue weighted by atomic mass is 10.1. The second-order valence-corrected chi connectivity index (χ2v) is 4.36. The van der Waals surface area contributed by atoms with Crippen LogP contribution in [0.15, 0.2) is 48.5 Å². The van der Waals surface area contributed by atoms with Crippen molar-refractivity contribution < 1.29 is 19.4 Å². The van der Waals surface area contributed by atoms with Gasteiger partial charge >= 0.3 is 0 Å². The van der Waals surface area contributed by atoms with E-state index in [1.54, 1.807) is 49.6 Å². The molecule has 4 heteroatoms. The molecule has 0 unspecified atom stereocenters. The zero-order valence-electron chi connectivity index (χ0n) is 11.9. The van der Waals surface area contributed by atoms with Gasteiger partial charge in [0.25, 0.3) is 0 Å². The Labute approximate surface area is 123 Å². The molecule has 21 heavy (non-hydrogen) atoms. The van der Waals surface area contributed by atoms with Crippen LogP contribution in [0.5, 0.6) is 17.2 Å². The molecule has 108 valence electrons. The normalized spacial score (nSPS) is 10.6. The second-order valence-electron chi connectivity index (χ2n) is 4.36. The van der Waals surface area contributed by atoms with E-state index in [2.05, 4.69) is 0 Å². The van der Waals surface area contributed by atoms with Crippen LogP contribution >= 0.6 is 0 Å². The van der Waals surface area contributed by atoms with Crippen LogP contribution in [0.2, 0.25) is 0 Å². The van der Waals surface area contributed by atoms with Gasteiger partial charge in [0.15, 0.2) is 17.3 Å². The van der Waals surface area contributed by atoms with Crippen molar-refractivity contribution in [2.24, 2.45) is 0 Å². The lowest BCUT2D eigenvalue weighted by Crippen LogP contribution is -1.94. The molecular formula is C17H16O4. The number of phenolic OH excluding ortho intramolecular Hbond substituents is 1. The highest BCUT2D eigenvalue weighted by molar-refractivity contribution is 6.07. The number of ketones is 1. The fourth-order valence-electron chi connectivity index (χ4n) is 1.86. The van der Waals surface area contributed by atoms with Crippen molar-refractivity contribution in [1.82, 2.24) is 0 Å². The van der Waals surface area contributed by atoms with E-state index in [-0.39, 0.29) is 11.5 Å². The van der Waals surface area contributed by atoms with Gasteiger partial charge in [-0.25, -0.2) is 0 Å². The zero-order valence-corrected chi connectivity index (χ0v) is 11.9. The van der Waals surface area contributed by atoms with Crippen molar-refractivity contribution >= 4 is 11.9 Å². The van der Waals surface area contributed by atoms with Crippen LogP contribution in [0, 0.1) is 0 Å². The number of allylic oxidation sites excluding steroid dienone is 1. The van der Waals surface area contributed by atoms with Crippen LogP contribution in [0.3, 0.4) is 0 Å². The number of rotatable bonds is 5. The molecule has 0 spiro atoms. The molecule has 0 bridgehead atoms. The topological polar surface area (TPSA) is 55.8 Å². The average molecular weight is 284 g/mol. The maximum Gasteiger partial charge on any atom is 0.185 e. The summed E-state index contributed by atoms with van der Waals surface area (Å²) in [4.78, 5) is 12.1. The van der Waals surface area contributed by atoms with Gasteiger partial charge in [-0.05, 0) is 35.9 Å². The Bertz CT molecular complexity index is 674. The van der Waals surface area contributed by atoms with Gasteiger partial charge in [-0.3, -0.25) is 4.79 Å². The van der Waals surface area contributed by atoms with E-state index in [9.17, 15) is 9.90 Å². The Kier molecular flexibility index (Phi) is 4.61. The second kappa shape index (κ2) is 6.61. The molecule has 0 aliphatic carbocycles. The van der Waals surface area contributed by atoms with Crippen LogP contribution in [-0.2, 0) is 0 Å². The molecule has 1 N–H and O–H groups in total. The highest BCUT2D eigenvalue weighted by Gasteiger charge is 2.04. The summed E-state index contributed by atoms with van der Waals surface area (Å²) in [6, 6.07) is 11.9. The average Bonchev–Trinajstić information content (AvgIpc) is 2.52. The largest absolute Gasteiger partial charge is 0.504 e. The van der Waals surface area contributed by atoms with Gasteiger partial charge in [0.1, 0.15) is 5.75 Å². The van der Waals surface area contributed by atoms with Crippen molar-refractivity contribution in [3.8, 4) is 17.2 Å². The van der Waals surface area contributed by atoms with Crippen molar-refractivity contribution in [2.45, 2.75) is 0 Å². The first-order valence-corrected chi connectivity index (χ1v) is 6.37. The summed E-state index contributed by atoms with van der Waals surface area (Å²) in [7, 11) is 3.04. The number of phenols is 1. The predicted octanol–water partition coefficient (Wildman–Crippen LogP) is 3.31. The molecule has 0 radical (unpaired) electrons. The molecule has 2 aromatic rings. The summed E-state index contributed by atoms with van der Waals surface area (Å²) < 4.78 is 10.1. The molecule has 0 heterocycles. The standard InChI is InChI=1S/C17H16O4/c1-20-14-5-3-4-13(11-14)15(18)8-6-12-7-9-17(21-2)16(19)10-12/h3-11,19H,1-2H3/b8-6+. The van der Waals surface area contributed by atoms with Crippen LogP contribution < -0.4 is 9.47 Å². The van der Waals surface area contributed by atoms with Gasteiger partial charge in [0.05, 0.1) is 14.2 Å². The van der Waals surface area contributed by atoms with Crippen LogP contribution in [0.25, 0.3) is 6.08 Å². The molecule has 0 amide bonds. The van der Waals surface area contributed by atoms with Gasteiger partial charge in [0, 0.05) is 5.56 Å². The zero-order chi connectivity index (χ0) is 15.2. The summed E-state index contributed by atoms with van der Waals surface area (Å²) in [6.45, 7) is 0. The fourth-order valence-corrected chi connectivity index (χ4v) is 1.86. The number of ether oxygens (including phenoxy) is 2. The van der Waals surface area contributed by atoms with Gasteiger partial charge in [-0.2, -0.15) is 0 Å². The summed E-state index contributed by atoms with van der Waals surface area (Å²) in [5, 5.41) is 9.68. The number of hydrogen-bond donors (Lipinski definition) is 1. The Morgan fingerprint density at radius 2 is 1.90 bits per heavy atom. The number of hydrogen-bond acceptors (Lipinski definition) is 4. The number of methoxy groups -OCH3 is 2. The Hall–Kier alpha value is -2.75. The van der Waals surface area contributed by atoms with E-state index in [4.69, 9.17) is 9.47 Å². The first-order valence-electron chi connectivity index (χ1n) is 6.37.